The Kier molecular flexibility index (Phi) is 10.5. The van der Waals surface area contributed by atoms with Gasteiger partial charge in [-0.1, -0.05) is 87.4 Å². The van der Waals surface area contributed by atoms with Gasteiger partial charge in [-0.2, -0.15) is 14.4 Å². The first-order chi connectivity index (χ1) is 22.2. The summed E-state index contributed by atoms with van der Waals surface area (Å²) in [5.74, 6) is 2.84. The van der Waals surface area contributed by atoms with Gasteiger partial charge in [0.05, 0.1) is 26.1 Å². The Bertz CT molecular complexity index is 1680. The summed E-state index contributed by atoms with van der Waals surface area (Å²) >= 11 is 0. The zero-order chi connectivity index (χ0) is 32.7. The Morgan fingerprint density at radius 2 is 1.65 bits per heavy atom. The molecule has 242 valence electrons. The standard InChI is InChI=1S/C34H40FN5O5Si/c1-5-46(6-2,7-3)19-18-34(22-42-20-25-14-10-8-11-15-25)29(43-21-26-16-12-9-13-17-26)28(44-24(4)41)32(45-34)40-23-37-27-30(36)38-33(35)39-31(27)40/h8-17,23,28-29,32H,5-7,20-22H2,1-4H3,(H2,36,38,39). The van der Waals surface area contributed by atoms with E-state index in [4.69, 9.17) is 24.7 Å². The number of carbonyl (C=O) groups excluding carboxylic acids is 1. The molecule has 0 spiro atoms. The number of nitrogens with two attached hydrogens (primary N) is 1. The summed E-state index contributed by atoms with van der Waals surface area (Å²) in [6.45, 7) is 8.32. The monoisotopic (exact) mass is 645 g/mol. The average Bonchev–Trinajstić information content (AvgIpc) is 3.61. The van der Waals surface area contributed by atoms with Crippen molar-refractivity contribution in [3.63, 3.8) is 0 Å². The van der Waals surface area contributed by atoms with Crippen molar-refractivity contribution in [3.05, 3.63) is 84.2 Å². The van der Waals surface area contributed by atoms with Gasteiger partial charge < -0.3 is 24.7 Å². The first-order valence-electron chi connectivity index (χ1n) is 15.5. The fourth-order valence-electron chi connectivity index (χ4n) is 5.78. The molecule has 4 aromatic rings. The molecule has 0 saturated carbocycles. The summed E-state index contributed by atoms with van der Waals surface area (Å²) in [6, 6.07) is 22.3. The number of halogens is 1. The van der Waals surface area contributed by atoms with Crippen molar-refractivity contribution in [3.8, 4) is 11.5 Å². The first kappa shape index (κ1) is 33.2. The predicted molar refractivity (Wildman–Crippen MR) is 174 cm³/mol. The number of carbonyl (C=O) groups is 1. The van der Waals surface area contributed by atoms with Crippen molar-refractivity contribution in [2.75, 3.05) is 12.3 Å². The van der Waals surface area contributed by atoms with Crippen LogP contribution in [0.1, 0.15) is 45.0 Å². The Morgan fingerprint density at radius 3 is 2.26 bits per heavy atom. The number of hydrogen-bond donors (Lipinski definition) is 1. The summed E-state index contributed by atoms with van der Waals surface area (Å²) < 4.78 is 41.8. The maximum Gasteiger partial charge on any atom is 0.312 e. The third-order valence-corrected chi connectivity index (χ3v) is 13.4. The van der Waals surface area contributed by atoms with Gasteiger partial charge in [-0.05, 0) is 29.3 Å². The molecule has 0 radical (unpaired) electrons. The van der Waals surface area contributed by atoms with Crippen LogP contribution in [0.4, 0.5) is 10.2 Å². The summed E-state index contributed by atoms with van der Waals surface area (Å²) in [7, 11) is -2.02. The number of aromatic nitrogens is 4. The van der Waals surface area contributed by atoms with Crippen molar-refractivity contribution in [2.45, 2.75) is 83.1 Å². The molecule has 0 amide bonds. The normalized spacial score (nSPS) is 21.2. The van der Waals surface area contributed by atoms with E-state index in [0.29, 0.717) is 6.61 Å². The molecule has 46 heavy (non-hydrogen) atoms. The minimum absolute atomic E-state index is 0.00233. The molecule has 10 nitrogen and oxygen atoms in total. The van der Waals surface area contributed by atoms with E-state index in [-0.39, 0.29) is 30.2 Å². The van der Waals surface area contributed by atoms with E-state index in [2.05, 4.69) is 47.2 Å². The SMILES string of the molecule is CC[Si](C#CC1(COCc2ccccc2)OC(n2cnc3c(N)nc(F)nc32)C(OC(C)=O)C1OCc1ccccc1)(CC)CC. The molecule has 4 atom stereocenters. The van der Waals surface area contributed by atoms with Crippen LogP contribution in [0.15, 0.2) is 67.0 Å². The van der Waals surface area contributed by atoms with E-state index in [0.717, 1.165) is 29.3 Å². The number of anilines is 1. The molecule has 2 aromatic heterocycles. The number of benzene rings is 2. The molecule has 1 aliphatic rings. The van der Waals surface area contributed by atoms with Crippen molar-refractivity contribution in [1.29, 1.82) is 0 Å². The number of esters is 1. The van der Waals surface area contributed by atoms with E-state index in [1.54, 1.807) is 0 Å². The van der Waals surface area contributed by atoms with Crippen LogP contribution < -0.4 is 5.73 Å². The number of rotatable bonds is 12. The number of imidazole rings is 1. The van der Waals surface area contributed by atoms with E-state index in [9.17, 15) is 9.18 Å². The lowest BCUT2D eigenvalue weighted by molar-refractivity contribution is -0.158. The molecule has 4 unspecified atom stereocenters. The molecule has 1 saturated heterocycles. The van der Waals surface area contributed by atoms with Crippen molar-refractivity contribution in [2.24, 2.45) is 0 Å². The topological polar surface area (TPSA) is 124 Å². The smallest absolute Gasteiger partial charge is 0.312 e. The van der Waals surface area contributed by atoms with E-state index >= 15 is 0 Å². The highest BCUT2D eigenvalue weighted by atomic mass is 28.3. The summed E-state index contributed by atoms with van der Waals surface area (Å²) in [4.78, 5) is 24.6. The van der Waals surface area contributed by atoms with Gasteiger partial charge in [-0.25, -0.2) is 4.98 Å². The molecule has 0 bridgehead atoms. The molecule has 5 rings (SSSR count). The largest absolute Gasteiger partial charge is 0.455 e. The van der Waals surface area contributed by atoms with E-state index in [1.165, 1.54) is 17.8 Å². The van der Waals surface area contributed by atoms with E-state index in [1.807, 2.05) is 60.7 Å². The van der Waals surface area contributed by atoms with Gasteiger partial charge >= 0.3 is 12.0 Å². The van der Waals surface area contributed by atoms with Crippen LogP contribution in [0.25, 0.3) is 11.2 Å². The number of ether oxygens (including phenoxy) is 4. The summed E-state index contributed by atoms with van der Waals surface area (Å²) in [5.41, 5.74) is 10.4. The number of nitrogens with zero attached hydrogens (tertiary/aromatic N) is 4. The zero-order valence-electron chi connectivity index (χ0n) is 26.6. The lowest BCUT2D eigenvalue weighted by Crippen LogP contribution is -2.49. The van der Waals surface area contributed by atoms with Crippen molar-refractivity contribution >= 4 is 31.0 Å². The lowest BCUT2D eigenvalue weighted by Gasteiger charge is -2.31. The maximum absolute atomic E-state index is 14.5. The Labute approximate surface area is 269 Å². The van der Waals surface area contributed by atoms with Gasteiger partial charge in [0.15, 0.2) is 34.9 Å². The van der Waals surface area contributed by atoms with Crippen molar-refractivity contribution < 1.29 is 28.1 Å². The molecule has 0 aliphatic carbocycles. The number of fused-ring (bicyclic) bond motifs is 1. The van der Waals surface area contributed by atoms with Gasteiger partial charge in [0.1, 0.15) is 14.2 Å². The van der Waals surface area contributed by atoms with Gasteiger partial charge in [-0.3, -0.25) is 9.36 Å². The Morgan fingerprint density at radius 1 is 1.02 bits per heavy atom. The molecular formula is C34H40FN5O5Si. The number of nitrogen functional groups attached to an aromatic ring is 1. The van der Waals surface area contributed by atoms with Crippen LogP contribution in [-0.4, -0.2) is 58.0 Å². The highest BCUT2D eigenvalue weighted by Gasteiger charge is 2.59. The highest BCUT2D eigenvalue weighted by molar-refractivity contribution is 6.87. The summed E-state index contributed by atoms with van der Waals surface area (Å²) in [5, 5.41) is 0. The van der Waals surface area contributed by atoms with E-state index < -0.39 is 44.2 Å². The molecular weight excluding hydrogens is 605 g/mol. The zero-order valence-corrected chi connectivity index (χ0v) is 27.6. The second-order valence-electron chi connectivity index (χ2n) is 11.5. The molecule has 1 aliphatic heterocycles. The third-order valence-electron chi connectivity index (χ3n) is 8.64. The van der Waals surface area contributed by atoms with Crippen LogP contribution in [-0.2, 0) is 37.0 Å². The fraction of sp³-hybridized carbons (Fsp3) is 0.412. The second kappa shape index (κ2) is 14.5. The molecule has 1 fully saturated rings. The minimum atomic E-state index is -2.02. The average molecular weight is 646 g/mol. The summed E-state index contributed by atoms with van der Waals surface area (Å²) in [6.07, 6.45) is -2.61. The van der Waals surface area contributed by atoms with Gasteiger partial charge in [0.2, 0.25) is 0 Å². The van der Waals surface area contributed by atoms with Gasteiger partial charge in [0.25, 0.3) is 0 Å². The van der Waals surface area contributed by atoms with Crippen LogP contribution in [0, 0.1) is 17.5 Å². The maximum atomic E-state index is 14.5. The second-order valence-corrected chi connectivity index (χ2v) is 16.4. The minimum Gasteiger partial charge on any atom is -0.455 e. The first-order valence-corrected chi connectivity index (χ1v) is 18.2. The van der Waals surface area contributed by atoms with Crippen molar-refractivity contribution in [1.82, 2.24) is 19.5 Å². The number of hydrogen-bond acceptors (Lipinski definition) is 9. The van der Waals surface area contributed by atoms with Crippen LogP contribution >= 0.6 is 0 Å². The molecule has 3 heterocycles. The molecule has 12 heteroatoms. The predicted octanol–water partition coefficient (Wildman–Crippen LogP) is 5.60. The Hall–Kier alpha value is -4.15. The van der Waals surface area contributed by atoms with Crippen LogP contribution in [0.5, 0.6) is 0 Å². The van der Waals surface area contributed by atoms with Gasteiger partial charge in [0, 0.05) is 6.92 Å². The van der Waals surface area contributed by atoms with Crippen LogP contribution in [0.3, 0.4) is 0 Å². The Balaban J connectivity index is 1.65. The quantitative estimate of drug-likeness (QED) is 0.0908. The van der Waals surface area contributed by atoms with Gasteiger partial charge in [-0.15, -0.1) is 5.54 Å². The molecule has 2 N–H and O–H groups in total. The fourth-order valence-corrected chi connectivity index (χ4v) is 8.29. The highest BCUT2D eigenvalue weighted by Crippen LogP contribution is 2.43. The lowest BCUT2D eigenvalue weighted by atomic mass is 9.96. The molecule has 2 aromatic carbocycles. The van der Waals surface area contributed by atoms with Crippen LogP contribution in [0.2, 0.25) is 18.1 Å². The third kappa shape index (κ3) is 7.13.